The molecule has 1 aliphatic rings. The van der Waals surface area contributed by atoms with Crippen LogP contribution in [0.5, 0.6) is 0 Å². The summed E-state index contributed by atoms with van der Waals surface area (Å²) in [6.07, 6.45) is 2.65. The molecule has 0 saturated heterocycles. The number of hydrogen-bond donors (Lipinski definition) is 1. The lowest BCUT2D eigenvalue weighted by Gasteiger charge is -2.23. The third kappa shape index (κ3) is 4.13. The minimum absolute atomic E-state index is 0.0793. The molecule has 0 unspecified atom stereocenters. The van der Waals surface area contributed by atoms with Crippen molar-refractivity contribution in [3.05, 3.63) is 83.7 Å². The fraction of sp³-hybridized carbons (Fsp3) is 0.308. The van der Waals surface area contributed by atoms with Crippen LogP contribution in [-0.4, -0.2) is 22.7 Å². The van der Waals surface area contributed by atoms with Gasteiger partial charge in [-0.25, -0.2) is 9.69 Å². The lowest BCUT2D eigenvalue weighted by molar-refractivity contribution is 0.205. The summed E-state index contributed by atoms with van der Waals surface area (Å²) in [5, 5.41) is 9.99. The third-order valence-corrected chi connectivity index (χ3v) is 6.03. The van der Waals surface area contributed by atoms with Crippen LogP contribution in [0.15, 0.2) is 67.0 Å². The third-order valence-electron chi connectivity index (χ3n) is 6.03. The Morgan fingerprint density at radius 3 is 2.32 bits per heavy atom. The summed E-state index contributed by atoms with van der Waals surface area (Å²) in [5.41, 5.74) is 5.97. The molecule has 2 heterocycles. The Labute approximate surface area is 184 Å². The molecule has 4 rings (SSSR count). The van der Waals surface area contributed by atoms with Gasteiger partial charge in [-0.05, 0) is 65.1 Å². The van der Waals surface area contributed by atoms with Gasteiger partial charge in [-0.1, -0.05) is 39.8 Å². The number of aromatic nitrogens is 1. The number of anilines is 3. The summed E-state index contributed by atoms with van der Waals surface area (Å²) < 4.78 is 0. The van der Waals surface area contributed by atoms with E-state index in [9.17, 15) is 9.90 Å². The standard InChI is InChI=1S/C26H29N3O2/c1-18(2)20-5-7-21(8-6-20)29(25(30)31)22-9-10-24-23(15-22)26(3,4)17-28(24)16-19-11-13-27-14-12-19/h5-15,18H,16-17H2,1-4H3,(H,30,31). The van der Waals surface area contributed by atoms with Gasteiger partial charge < -0.3 is 10.0 Å². The maximum absolute atomic E-state index is 12.2. The number of rotatable bonds is 5. The normalized spacial score (nSPS) is 14.5. The number of carboxylic acid groups (broad SMARTS) is 1. The zero-order chi connectivity index (χ0) is 22.2. The van der Waals surface area contributed by atoms with Gasteiger partial charge in [0.2, 0.25) is 0 Å². The van der Waals surface area contributed by atoms with E-state index in [1.807, 2.05) is 60.9 Å². The van der Waals surface area contributed by atoms with Crippen LogP contribution in [-0.2, 0) is 12.0 Å². The second kappa shape index (κ2) is 8.06. The first-order valence-corrected chi connectivity index (χ1v) is 10.7. The summed E-state index contributed by atoms with van der Waals surface area (Å²) in [6.45, 7) is 10.4. The Morgan fingerprint density at radius 2 is 1.71 bits per heavy atom. The Balaban J connectivity index is 1.69. The van der Waals surface area contributed by atoms with Crippen molar-refractivity contribution in [3.63, 3.8) is 0 Å². The quantitative estimate of drug-likeness (QED) is 0.530. The molecule has 0 radical (unpaired) electrons. The molecule has 3 aromatic rings. The Bertz CT molecular complexity index is 1080. The second-order valence-corrected chi connectivity index (χ2v) is 9.16. The smallest absolute Gasteiger partial charge is 0.416 e. The maximum Gasteiger partial charge on any atom is 0.416 e. The molecule has 0 fully saturated rings. The fourth-order valence-electron chi connectivity index (χ4n) is 4.36. The molecule has 1 aromatic heterocycles. The molecule has 1 aliphatic heterocycles. The van der Waals surface area contributed by atoms with E-state index in [2.05, 4.69) is 43.6 Å². The van der Waals surface area contributed by atoms with E-state index in [0.717, 1.165) is 18.8 Å². The average molecular weight is 416 g/mol. The lowest BCUT2D eigenvalue weighted by atomic mass is 9.86. The van der Waals surface area contributed by atoms with E-state index >= 15 is 0 Å². The van der Waals surface area contributed by atoms with Crippen molar-refractivity contribution in [2.24, 2.45) is 0 Å². The Morgan fingerprint density at radius 1 is 1.06 bits per heavy atom. The van der Waals surface area contributed by atoms with E-state index in [4.69, 9.17) is 0 Å². The van der Waals surface area contributed by atoms with Gasteiger partial charge in [0, 0.05) is 36.6 Å². The average Bonchev–Trinajstić information content (AvgIpc) is 2.98. The minimum Gasteiger partial charge on any atom is -0.464 e. The number of fused-ring (bicyclic) bond motifs is 1. The molecule has 0 bridgehead atoms. The summed E-state index contributed by atoms with van der Waals surface area (Å²) >= 11 is 0. The van der Waals surface area contributed by atoms with Crippen LogP contribution in [0, 0.1) is 0 Å². The molecule has 0 atom stereocenters. The highest BCUT2D eigenvalue weighted by molar-refractivity contribution is 5.95. The van der Waals surface area contributed by atoms with Gasteiger partial charge in [0.05, 0.1) is 11.4 Å². The van der Waals surface area contributed by atoms with Crippen LogP contribution in [0.3, 0.4) is 0 Å². The lowest BCUT2D eigenvalue weighted by Crippen LogP contribution is -2.28. The van der Waals surface area contributed by atoms with E-state index in [1.54, 1.807) is 0 Å². The molecule has 5 heteroatoms. The van der Waals surface area contributed by atoms with Crippen molar-refractivity contribution < 1.29 is 9.90 Å². The summed E-state index contributed by atoms with van der Waals surface area (Å²) in [7, 11) is 0. The van der Waals surface area contributed by atoms with E-state index in [-0.39, 0.29) is 5.41 Å². The first-order valence-electron chi connectivity index (χ1n) is 10.7. The van der Waals surface area contributed by atoms with Gasteiger partial charge in [0.1, 0.15) is 0 Å². The van der Waals surface area contributed by atoms with Gasteiger partial charge >= 0.3 is 6.09 Å². The molecule has 0 aliphatic carbocycles. The van der Waals surface area contributed by atoms with Gasteiger partial charge in [0.15, 0.2) is 0 Å². The van der Waals surface area contributed by atoms with Gasteiger partial charge in [0.25, 0.3) is 0 Å². The van der Waals surface area contributed by atoms with Gasteiger partial charge in [-0.15, -0.1) is 0 Å². The molecule has 0 spiro atoms. The molecule has 31 heavy (non-hydrogen) atoms. The van der Waals surface area contributed by atoms with Gasteiger partial charge in [-0.2, -0.15) is 0 Å². The molecular formula is C26H29N3O2. The van der Waals surface area contributed by atoms with Crippen LogP contribution in [0.25, 0.3) is 0 Å². The summed E-state index contributed by atoms with van der Waals surface area (Å²) in [5.74, 6) is 0.402. The fourth-order valence-corrected chi connectivity index (χ4v) is 4.36. The molecule has 5 nitrogen and oxygen atoms in total. The molecule has 0 saturated carbocycles. The number of pyridine rings is 1. The number of nitrogens with zero attached hydrogens (tertiary/aromatic N) is 3. The number of carbonyl (C=O) groups is 1. The molecule has 160 valence electrons. The van der Waals surface area contributed by atoms with Crippen molar-refractivity contribution in [1.29, 1.82) is 0 Å². The van der Waals surface area contributed by atoms with Crippen LogP contribution < -0.4 is 9.80 Å². The predicted octanol–water partition coefficient (Wildman–Crippen LogP) is 6.32. The maximum atomic E-state index is 12.2. The number of amides is 1. The predicted molar refractivity (Wildman–Crippen MR) is 125 cm³/mol. The first kappa shape index (κ1) is 20.9. The van der Waals surface area contributed by atoms with Crippen LogP contribution in [0.1, 0.15) is 50.3 Å². The first-order chi connectivity index (χ1) is 14.8. The van der Waals surface area contributed by atoms with Crippen molar-refractivity contribution in [2.75, 3.05) is 16.3 Å². The molecule has 1 N–H and O–H groups in total. The van der Waals surface area contributed by atoms with Crippen molar-refractivity contribution in [2.45, 2.75) is 45.6 Å². The zero-order valence-corrected chi connectivity index (χ0v) is 18.5. The van der Waals surface area contributed by atoms with Crippen molar-refractivity contribution in [3.8, 4) is 0 Å². The monoisotopic (exact) mass is 415 g/mol. The van der Waals surface area contributed by atoms with Crippen LogP contribution in [0.2, 0.25) is 0 Å². The topological polar surface area (TPSA) is 56.7 Å². The number of benzene rings is 2. The van der Waals surface area contributed by atoms with Gasteiger partial charge in [-0.3, -0.25) is 4.98 Å². The highest BCUT2D eigenvalue weighted by atomic mass is 16.4. The molecular weight excluding hydrogens is 386 g/mol. The minimum atomic E-state index is -0.985. The highest BCUT2D eigenvalue weighted by Crippen LogP contribution is 2.43. The summed E-state index contributed by atoms with van der Waals surface area (Å²) in [6, 6.07) is 17.8. The zero-order valence-electron chi connectivity index (χ0n) is 18.5. The Kier molecular flexibility index (Phi) is 5.44. The van der Waals surface area contributed by atoms with E-state index in [1.165, 1.54) is 21.6 Å². The van der Waals surface area contributed by atoms with E-state index in [0.29, 0.717) is 17.3 Å². The van der Waals surface area contributed by atoms with Crippen LogP contribution >= 0.6 is 0 Å². The van der Waals surface area contributed by atoms with Crippen molar-refractivity contribution >= 4 is 23.2 Å². The molecule has 2 aromatic carbocycles. The SMILES string of the molecule is CC(C)c1ccc(N(C(=O)O)c2ccc3c(c2)C(C)(C)CN3Cc2ccncc2)cc1. The highest BCUT2D eigenvalue weighted by Gasteiger charge is 2.36. The number of hydrogen-bond acceptors (Lipinski definition) is 3. The van der Waals surface area contributed by atoms with Crippen LogP contribution in [0.4, 0.5) is 21.9 Å². The molecule has 1 amide bonds. The largest absolute Gasteiger partial charge is 0.464 e. The summed E-state index contributed by atoms with van der Waals surface area (Å²) in [4.78, 5) is 20.0. The Hall–Kier alpha value is -3.34. The van der Waals surface area contributed by atoms with E-state index < -0.39 is 6.09 Å². The second-order valence-electron chi connectivity index (χ2n) is 9.16. The van der Waals surface area contributed by atoms with Crippen molar-refractivity contribution in [1.82, 2.24) is 4.98 Å².